The predicted molar refractivity (Wildman–Crippen MR) is 284 cm³/mol. The van der Waals surface area contributed by atoms with Gasteiger partial charge in [0.15, 0.2) is 6.04 Å². The van der Waals surface area contributed by atoms with Gasteiger partial charge in [-0.2, -0.15) is 4.58 Å². The van der Waals surface area contributed by atoms with Gasteiger partial charge >= 0.3 is 0 Å². The summed E-state index contributed by atoms with van der Waals surface area (Å²) in [6.07, 6.45) is 29.8. The van der Waals surface area contributed by atoms with Crippen LogP contribution in [0.2, 0.25) is 0 Å². The van der Waals surface area contributed by atoms with Crippen molar-refractivity contribution in [1.82, 2.24) is 9.80 Å². The first-order chi connectivity index (χ1) is 33.4. The molecule has 366 valence electrons. The molecule has 0 atom stereocenters. The number of carbonyl (C=O) groups excluding carboxylic acids is 1. The highest BCUT2D eigenvalue weighted by molar-refractivity contribution is 6.39. The number of anilines is 2. The van der Waals surface area contributed by atoms with E-state index in [9.17, 15) is 9.90 Å². The van der Waals surface area contributed by atoms with Crippen molar-refractivity contribution in [3.8, 4) is 11.5 Å². The van der Waals surface area contributed by atoms with Gasteiger partial charge in [0.25, 0.3) is 0 Å². The molecule has 2 fully saturated rings. The Bertz CT molecular complexity index is 2160. The van der Waals surface area contributed by atoms with Gasteiger partial charge in [0.05, 0.1) is 24.4 Å². The third kappa shape index (κ3) is 13.7. The van der Waals surface area contributed by atoms with Crippen LogP contribution < -0.4 is 14.4 Å². The van der Waals surface area contributed by atoms with Gasteiger partial charge in [-0.1, -0.05) is 91.2 Å². The summed E-state index contributed by atoms with van der Waals surface area (Å²) in [5, 5.41) is 11.5. The lowest BCUT2D eigenvalue weighted by molar-refractivity contribution is -0.488. The summed E-state index contributed by atoms with van der Waals surface area (Å²) in [6, 6.07) is 26.2. The predicted octanol–water partition coefficient (Wildman–Crippen LogP) is 14.1. The van der Waals surface area contributed by atoms with E-state index in [0.717, 1.165) is 123 Å². The summed E-state index contributed by atoms with van der Waals surface area (Å²) in [5.74, 6) is 1.80. The molecule has 3 aromatic carbocycles. The second-order valence-electron chi connectivity index (χ2n) is 19.4. The first-order valence-electron chi connectivity index (χ1n) is 27.0. The summed E-state index contributed by atoms with van der Waals surface area (Å²) in [6.45, 7) is 17.3. The fraction of sp³-hybridized carbons (Fsp3) is 0.533. The first-order valence-corrected chi connectivity index (χ1v) is 27.0. The number of ketones is 1. The van der Waals surface area contributed by atoms with Crippen LogP contribution in [0.3, 0.4) is 0 Å². The molecule has 4 aliphatic rings. The fourth-order valence-corrected chi connectivity index (χ4v) is 10.8. The number of Topliss-reactive ketones (excluding diaryl/α,β-unsaturated/α-hetero) is 1. The zero-order valence-electron chi connectivity index (χ0n) is 42.2. The molecular formula is C60H83N4O4+. The number of carbonyl (C=O) groups is 1. The van der Waals surface area contributed by atoms with Gasteiger partial charge in [0, 0.05) is 54.5 Å². The van der Waals surface area contributed by atoms with Crippen LogP contribution in [0.15, 0.2) is 114 Å². The number of ether oxygens (including phenoxy) is 2. The maximum Gasteiger partial charge on any atom is 0.206 e. The summed E-state index contributed by atoms with van der Waals surface area (Å²) in [7, 11) is 0. The summed E-state index contributed by atoms with van der Waals surface area (Å²) in [5.41, 5.74) is 6.79. The zero-order chi connectivity index (χ0) is 47.5. The molecule has 8 nitrogen and oxygen atoms in total. The van der Waals surface area contributed by atoms with Crippen LogP contribution in [0.4, 0.5) is 17.1 Å². The largest absolute Gasteiger partial charge is 0.506 e. The number of unbranched alkanes of at least 4 members (excludes halogenated alkanes) is 6. The van der Waals surface area contributed by atoms with E-state index in [4.69, 9.17) is 9.47 Å². The second kappa shape index (κ2) is 26.7. The molecule has 0 aliphatic heterocycles. The van der Waals surface area contributed by atoms with Crippen LogP contribution in [-0.4, -0.2) is 95.5 Å². The number of aliphatic hydroxyl groups is 1. The van der Waals surface area contributed by atoms with Crippen molar-refractivity contribution in [2.75, 3.05) is 57.4 Å². The van der Waals surface area contributed by atoms with Crippen molar-refractivity contribution in [2.45, 2.75) is 155 Å². The van der Waals surface area contributed by atoms with Gasteiger partial charge in [-0.3, -0.25) is 4.79 Å². The van der Waals surface area contributed by atoms with E-state index in [1.165, 1.54) is 90.1 Å². The molecule has 0 unspecified atom stereocenters. The average Bonchev–Trinajstić information content (AvgIpc) is 3.38. The molecule has 0 bridgehead atoms. The first kappa shape index (κ1) is 50.9. The Morgan fingerprint density at radius 2 is 1.01 bits per heavy atom. The van der Waals surface area contributed by atoms with E-state index < -0.39 is 0 Å². The van der Waals surface area contributed by atoms with Gasteiger partial charge in [-0.25, -0.2) is 0 Å². The molecule has 0 heterocycles. The van der Waals surface area contributed by atoms with Crippen LogP contribution in [-0.2, 0) is 4.79 Å². The number of hydrogen-bond donors (Lipinski definition) is 1. The number of benzene rings is 3. The maximum absolute atomic E-state index is 13.9. The lowest BCUT2D eigenvalue weighted by Crippen LogP contribution is -2.33. The Balaban J connectivity index is 0.986. The van der Waals surface area contributed by atoms with Crippen molar-refractivity contribution < 1.29 is 24.0 Å². The summed E-state index contributed by atoms with van der Waals surface area (Å²) < 4.78 is 14.8. The van der Waals surface area contributed by atoms with Gasteiger partial charge < -0.3 is 29.3 Å². The molecule has 8 heteroatoms. The minimum Gasteiger partial charge on any atom is -0.506 e. The Hall–Kier alpha value is -4.92. The van der Waals surface area contributed by atoms with Crippen molar-refractivity contribution in [3.63, 3.8) is 0 Å². The standard InChI is InChI=1S/C60H82N4O4/c1-5-61(6-2)43-19-9-11-21-45-67-55-39-35-53(36-40-55)63(49-23-15-13-16-24-49)51-31-27-47(28-32-51)57-59(65)58(60(57)66)48-29-33-52(34-30-48)64(50-25-17-14-18-26-50)54-37-41-56(42-38-54)68-46-22-12-10-20-44-62(7-3)8-4/h27-42,49-50H,5-26,43-46H2,1-4H3/p+1. The Morgan fingerprint density at radius 1 is 0.544 bits per heavy atom. The van der Waals surface area contributed by atoms with E-state index >= 15 is 0 Å². The minimum absolute atomic E-state index is 0.0780. The zero-order valence-corrected chi connectivity index (χ0v) is 42.2. The number of nitrogens with zero attached hydrogens (tertiary/aromatic N) is 4. The van der Waals surface area contributed by atoms with Crippen molar-refractivity contribution in [2.24, 2.45) is 0 Å². The Kier molecular flexibility index (Phi) is 20.0. The highest BCUT2D eigenvalue weighted by atomic mass is 16.5. The molecule has 4 aliphatic carbocycles. The third-order valence-electron chi connectivity index (χ3n) is 15.0. The van der Waals surface area contributed by atoms with E-state index in [-0.39, 0.29) is 11.5 Å². The molecule has 7 rings (SSSR count). The van der Waals surface area contributed by atoms with Gasteiger partial charge in [-0.05, 0) is 162 Å². The summed E-state index contributed by atoms with van der Waals surface area (Å²) >= 11 is 0. The molecule has 3 aromatic rings. The number of hydrogen-bond acceptors (Lipinski definition) is 7. The molecule has 1 N–H and O–H groups in total. The van der Waals surface area contributed by atoms with E-state index in [1.807, 2.05) is 24.3 Å². The van der Waals surface area contributed by atoms with Crippen LogP contribution in [0.25, 0.3) is 5.57 Å². The molecule has 2 saturated carbocycles. The van der Waals surface area contributed by atoms with E-state index in [2.05, 4.69) is 120 Å². The van der Waals surface area contributed by atoms with Crippen molar-refractivity contribution >= 4 is 34.1 Å². The fourth-order valence-electron chi connectivity index (χ4n) is 10.8. The lowest BCUT2D eigenvalue weighted by Gasteiger charge is -2.36. The SMILES string of the molecule is CCN(CC)CCCCCCOc1ccc(N(c2ccc(C3=C(O)C(=C4C=CC(=[N+](c5ccc(OCCCCCCN(CC)CC)cc5)C5CCCCC5)C=C4)C3=O)cc2)C2CCCCC2)cc1. The van der Waals surface area contributed by atoms with E-state index in [1.54, 1.807) is 0 Å². The third-order valence-corrected chi connectivity index (χ3v) is 15.0. The lowest BCUT2D eigenvalue weighted by atomic mass is 9.80. The maximum atomic E-state index is 13.9. The molecule has 68 heavy (non-hydrogen) atoms. The van der Waals surface area contributed by atoms with Crippen LogP contribution in [0, 0.1) is 0 Å². The smallest absolute Gasteiger partial charge is 0.206 e. The molecule has 0 saturated heterocycles. The van der Waals surface area contributed by atoms with Crippen molar-refractivity contribution in [3.05, 3.63) is 120 Å². The van der Waals surface area contributed by atoms with Crippen LogP contribution >= 0.6 is 0 Å². The molecule has 0 aromatic heterocycles. The highest BCUT2D eigenvalue weighted by Gasteiger charge is 2.37. The number of aliphatic hydroxyl groups excluding tert-OH is 1. The quantitative estimate of drug-likeness (QED) is 0.0489. The minimum atomic E-state index is -0.110. The number of rotatable bonds is 26. The summed E-state index contributed by atoms with van der Waals surface area (Å²) in [4.78, 5) is 21.3. The molecular weight excluding hydrogens is 841 g/mol. The topological polar surface area (TPSA) is 68.5 Å². The van der Waals surface area contributed by atoms with Crippen LogP contribution in [0.5, 0.6) is 11.5 Å². The Labute approximate surface area is 410 Å². The average molecular weight is 924 g/mol. The van der Waals surface area contributed by atoms with Gasteiger partial charge in [0.2, 0.25) is 17.2 Å². The Morgan fingerprint density at radius 3 is 1.51 bits per heavy atom. The molecule has 0 radical (unpaired) electrons. The highest BCUT2D eigenvalue weighted by Crippen LogP contribution is 2.41. The van der Waals surface area contributed by atoms with Crippen molar-refractivity contribution in [1.29, 1.82) is 0 Å². The van der Waals surface area contributed by atoms with E-state index in [0.29, 0.717) is 23.2 Å². The number of allylic oxidation sites excluding steroid dienone is 7. The molecule has 0 spiro atoms. The van der Waals surface area contributed by atoms with Gasteiger partial charge in [0.1, 0.15) is 17.3 Å². The molecule has 0 amide bonds. The van der Waals surface area contributed by atoms with Crippen LogP contribution in [0.1, 0.15) is 149 Å². The monoisotopic (exact) mass is 924 g/mol. The van der Waals surface area contributed by atoms with Gasteiger partial charge in [-0.15, -0.1) is 0 Å². The second-order valence-corrected chi connectivity index (χ2v) is 19.4. The normalized spacial score (nSPS) is 16.9.